The standard InChI is InChI=1S/C7H15NS/c1-8-4-2-3-6-9-7-5-8/h2-7H2,1H3. The van der Waals surface area contributed by atoms with E-state index in [0.29, 0.717) is 0 Å². The number of hydrogen-bond acceptors (Lipinski definition) is 2. The van der Waals surface area contributed by atoms with Crippen molar-refractivity contribution in [2.24, 2.45) is 0 Å². The van der Waals surface area contributed by atoms with E-state index in [1.807, 2.05) is 0 Å². The zero-order valence-corrected chi connectivity index (χ0v) is 6.91. The quantitative estimate of drug-likeness (QED) is 0.507. The van der Waals surface area contributed by atoms with Gasteiger partial charge in [0.25, 0.3) is 0 Å². The van der Waals surface area contributed by atoms with Crippen LogP contribution in [-0.4, -0.2) is 36.5 Å². The first-order valence-electron chi connectivity index (χ1n) is 3.66. The molecule has 0 aromatic carbocycles. The van der Waals surface area contributed by atoms with Crippen LogP contribution in [0, 0.1) is 0 Å². The van der Waals surface area contributed by atoms with Crippen molar-refractivity contribution in [1.29, 1.82) is 0 Å². The van der Waals surface area contributed by atoms with Crippen LogP contribution < -0.4 is 0 Å². The maximum Gasteiger partial charge on any atom is 0.00693 e. The maximum absolute atomic E-state index is 2.42. The van der Waals surface area contributed by atoms with Crippen molar-refractivity contribution in [1.82, 2.24) is 4.90 Å². The van der Waals surface area contributed by atoms with E-state index in [1.54, 1.807) is 0 Å². The Morgan fingerprint density at radius 3 is 2.89 bits per heavy atom. The number of rotatable bonds is 0. The minimum absolute atomic E-state index is 1.28. The third-order valence-electron chi connectivity index (χ3n) is 1.70. The van der Waals surface area contributed by atoms with Crippen molar-refractivity contribution in [2.45, 2.75) is 12.8 Å². The largest absolute Gasteiger partial charge is 0.306 e. The molecule has 0 aromatic rings. The number of nitrogens with zero attached hydrogens (tertiary/aromatic N) is 1. The van der Waals surface area contributed by atoms with Gasteiger partial charge in [0.05, 0.1) is 0 Å². The predicted molar refractivity (Wildman–Crippen MR) is 44.1 cm³/mol. The van der Waals surface area contributed by atoms with E-state index in [-0.39, 0.29) is 0 Å². The Morgan fingerprint density at radius 1 is 1.11 bits per heavy atom. The molecule has 9 heavy (non-hydrogen) atoms. The van der Waals surface area contributed by atoms with Crippen LogP contribution >= 0.6 is 11.8 Å². The lowest BCUT2D eigenvalue weighted by atomic mass is 10.3. The summed E-state index contributed by atoms with van der Waals surface area (Å²) in [4.78, 5) is 2.42. The third kappa shape index (κ3) is 3.11. The first-order chi connectivity index (χ1) is 4.39. The molecule has 54 valence electrons. The Morgan fingerprint density at radius 2 is 2.00 bits per heavy atom. The summed E-state index contributed by atoms with van der Waals surface area (Å²) in [6.07, 6.45) is 2.80. The smallest absolute Gasteiger partial charge is 0.00693 e. The lowest BCUT2D eigenvalue weighted by molar-refractivity contribution is 0.346. The first-order valence-corrected chi connectivity index (χ1v) is 4.81. The summed E-state index contributed by atoms with van der Waals surface area (Å²) < 4.78 is 0. The average molecular weight is 145 g/mol. The van der Waals surface area contributed by atoms with Crippen molar-refractivity contribution >= 4 is 11.8 Å². The van der Waals surface area contributed by atoms with Crippen LogP contribution in [0.15, 0.2) is 0 Å². The topological polar surface area (TPSA) is 3.24 Å². The summed E-state index contributed by atoms with van der Waals surface area (Å²) in [5.74, 6) is 2.71. The highest BCUT2D eigenvalue weighted by atomic mass is 32.2. The van der Waals surface area contributed by atoms with Gasteiger partial charge in [-0.1, -0.05) is 0 Å². The Hall–Kier alpha value is 0.310. The molecule has 1 aliphatic rings. The molecule has 0 bridgehead atoms. The fourth-order valence-electron chi connectivity index (χ4n) is 1.02. The van der Waals surface area contributed by atoms with Gasteiger partial charge >= 0.3 is 0 Å². The highest BCUT2D eigenvalue weighted by Crippen LogP contribution is 2.08. The van der Waals surface area contributed by atoms with Gasteiger partial charge in [0.1, 0.15) is 0 Å². The van der Waals surface area contributed by atoms with Crippen molar-refractivity contribution < 1.29 is 0 Å². The van der Waals surface area contributed by atoms with Gasteiger partial charge in [0, 0.05) is 12.3 Å². The van der Waals surface area contributed by atoms with Gasteiger partial charge in [-0.3, -0.25) is 0 Å². The zero-order chi connectivity index (χ0) is 6.53. The molecule has 0 atom stereocenters. The highest BCUT2D eigenvalue weighted by Gasteiger charge is 2.01. The molecule has 1 saturated heterocycles. The van der Waals surface area contributed by atoms with Crippen LogP contribution in [0.1, 0.15) is 12.8 Å². The van der Waals surface area contributed by atoms with Gasteiger partial charge in [-0.2, -0.15) is 11.8 Å². The van der Waals surface area contributed by atoms with E-state index in [9.17, 15) is 0 Å². The van der Waals surface area contributed by atoms with Gasteiger partial charge in [0.2, 0.25) is 0 Å². The fraction of sp³-hybridized carbons (Fsp3) is 1.00. The Balaban J connectivity index is 2.12. The summed E-state index contributed by atoms with van der Waals surface area (Å²) in [7, 11) is 2.21. The molecular formula is C7H15NS. The number of hydrogen-bond donors (Lipinski definition) is 0. The van der Waals surface area contributed by atoms with Gasteiger partial charge in [-0.05, 0) is 32.2 Å². The maximum atomic E-state index is 2.42. The molecule has 0 saturated carbocycles. The molecule has 2 heteroatoms. The van der Waals surface area contributed by atoms with Crippen molar-refractivity contribution in [3.63, 3.8) is 0 Å². The Kier molecular flexibility index (Phi) is 3.44. The second-order valence-corrected chi connectivity index (χ2v) is 3.85. The molecule has 1 fully saturated rings. The van der Waals surface area contributed by atoms with E-state index in [1.165, 1.54) is 37.4 Å². The molecule has 0 N–H and O–H groups in total. The molecule has 0 unspecified atom stereocenters. The Bertz CT molecular complexity index is 67.3. The lowest BCUT2D eigenvalue weighted by Gasteiger charge is -2.18. The van der Waals surface area contributed by atoms with E-state index < -0.39 is 0 Å². The predicted octanol–water partition coefficient (Wildman–Crippen LogP) is 1.45. The Labute approximate surface area is 61.8 Å². The molecule has 1 heterocycles. The summed E-state index contributed by atoms with van der Waals surface area (Å²) in [6, 6.07) is 0. The molecular weight excluding hydrogens is 130 g/mol. The summed E-state index contributed by atoms with van der Waals surface area (Å²) >= 11 is 2.09. The average Bonchev–Trinajstić information content (AvgIpc) is 1.79. The SMILES string of the molecule is CN1CCCCSCC1. The molecule has 1 aliphatic heterocycles. The van der Waals surface area contributed by atoms with Gasteiger partial charge in [0.15, 0.2) is 0 Å². The third-order valence-corrected chi connectivity index (χ3v) is 2.74. The fourth-order valence-corrected chi connectivity index (χ4v) is 2.07. The lowest BCUT2D eigenvalue weighted by Crippen LogP contribution is -2.24. The summed E-state index contributed by atoms with van der Waals surface area (Å²) in [5.41, 5.74) is 0. The van der Waals surface area contributed by atoms with Crippen molar-refractivity contribution in [3.05, 3.63) is 0 Å². The molecule has 0 spiro atoms. The van der Waals surface area contributed by atoms with Crippen LogP contribution in [-0.2, 0) is 0 Å². The van der Waals surface area contributed by atoms with Crippen LogP contribution in [0.2, 0.25) is 0 Å². The monoisotopic (exact) mass is 145 g/mol. The molecule has 0 aromatic heterocycles. The second-order valence-electron chi connectivity index (χ2n) is 2.62. The van der Waals surface area contributed by atoms with Gasteiger partial charge in [-0.15, -0.1) is 0 Å². The van der Waals surface area contributed by atoms with E-state index >= 15 is 0 Å². The summed E-state index contributed by atoms with van der Waals surface area (Å²) in [5, 5.41) is 0. The molecule has 0 radical (unpaired) electrons. The zero-order valence-electron chi connectivity index (χ0n) is 6.10. The van der Waals surface area contributed by atoms with Crippen LogP contribution in [0.25, 0.3) is 0 Å². The highest BCUT2D eigenvalue weighted by molar-refractivity contribution is 7.99. The summed E-state index contributed by atoms with van der Waals surface area (Å²) in [6.45, 7) is 2.59. The van der Waals surface area contributed by atoms with Crippen LogP contribution in [0.5, 0.6) is 0 Å². The van der Waals surface area contributed by atoms with Crippen molar-refractivity contribution in [3.8, 4) is 0 Å². The van der Waals surface area contributed by atoms with Crippen molar-refractivity contribution in [2.75, 3.05) is 31.6 Å². The van der Waals surface area contributed by atoms with Crippen LogP contribution in [0.3, 0.4) is 0 Å². The van der Waals surface area contributed by atoms with Gasteiger partial charge < -0.3 is 4.90 Å². The van der Waals surface area contributed by atoms with E-state index in [4.69, 9.17) is 0 Å². The normalized spacial score (nSPS) is 25.0. The molecule has 1 nitrogen and oxygen atoms in total. The minimum atomic E-state index is 1.28. The molecule has 1 rings (SSSR count). The van der Waals surface area contributed by atoms with Crippen LogP contribution in [0.4, 0.5) is 0 Å². The second kappa shape index (κ2) is 4.18. The number of thioether (sulfide) groups is 1. The minimum Gasteiger partial charge on any atom is -0.306 e. The van der Waals surface area contributed by atoms with Gasteiger partial charge in [-0.25, -0.2) is 0 Å². The van der Waals surface area contributed by atoms with E-state index in [2.05, 4.69) is 23.7 Å². The first kappa shape index (κ1) is 7.42. The molecule has 0 aliphatic carbocycles. The van der Waals surface area contributed by atoms with E-state index in [0.717, 1.165) is 0 Å². The molecule has 0 amide bonds.